The number of hydrogen-bond donors (Lipinski definition) is 1. The number of piperidine rings is 1. The standard InChI is InChI=1S/C32H39N3O3S.C2H6/c1-37-28-12-8-24(9-13-28)33-32(36)35(27-20-22-34(23-21-27)25-6-4-3-5-7-25)26-10-16-30(17-11-26)39-31-18-14-29(38-2)15-19-31;1-2/h8-19,25,27H,3-7,20-23H2,1-2H3,(H,33,36);1-2H3. The third-order valence-electron chi connectivity index (χ3n) is 7.93. The number of nitrogens with one attached hydrogen (secondary N) is 1. The molecule has 0 unspecified atom stereocenters. The minimum Gasteiger partial charge on any atom is -0.497 e. The van der Waals surface area contributed by atoms with Gasteiger partial charge in [-0.15, -0.1) is 0 Å². The molecule has 41 heavy (non-hydrogen) atoms. The molecule has 0 spiro atoms. The minimum atomic E-state index is -0.0909. The Morgan fingerprint density at radius 1 is 0.756 bits per heavy atom. The number of carbonyl (C=O) groups is 1. The average Bonchev–Trinajstić information content (AvgIpc) is 3.04. The number of hydrogen-bond acceptors (Lipinski definition) is 5. The number of likely N-dealkylation sites (tertiary alicyclic amines) is 1. The Hall–Kier alpha value is -3.16. The molecule has 0 atom stereocenters. The summed E-state index contributed by atoms with van der Waals surface area (Å²) in [7, 11) is 3.32. The Morgan fingerprint density at radius 3 is 1.80 bits per heavy atom. The molecule has 1 aliphatic carbocycles. The Bertz CT molecular complexity index is 1190. The van der Waals surface area contributed by atoms with Crippen LogP contribution >= 0.6 is 11.8 Å². The average molecular weight is 576 g/mol. The van der Waals surface area contributed by atoms with Crippen LogP contribution in [0.15, 0.2) is 82.6 Å². The van der Waals surface area contributed by atoms with Gasteiger partial charge in [0.05, 0.1) is 14.2 Å². The normalized spacial score (nSPS) is 16.3. The second-order valence-electron chi connectivity index (χ2n) is 10.4. The number of nitrogens with zero attached hydrogens (tertiary/aromatic N) is 2. The van der Waals surface area contributed by atoms with E-state index in [0.717, 1.165) is 64.6 Å². The highest BCUT2D eigenvalue weighted by Gasteiger charge is 2.32. The van der Waals surface area contributed by atoms with Gasteiger partial charge in [-0.2, -0.15) is 0 Å². The summed E-state index contributed by atoms with van der Waals surface area (Å²) in [6, 6.07) is 24.7. The predicted molar refractivity (Wildman–Crippen MR) is 171 cm³/mol. The molecule has 2 aliphatic rings. The Morgan fingerprint density at radius 2 is 1.27 bits per heavy atom. The van der Waals surface area contributed by atoms with Crippen molar-refractivity contribution in [3.8, 4) is 11.5 Å². The number of urea groups is 1. The largest absolute Gasteiger partial charge is 0.497 e. The van der Waals surface area contributed by atoms with Gasteiger partial charge in [-0.1, -0.05) is 44.9 Å². The van der Waals surface area contributed by atoms with Gasteiger partial charge in [0.15, 0.2) is 0 Å². The van der Waals surface area contributed by atoms with Crippen molar-refractivity contribution in [1.29, 1.82) is 0 Å². The maximum absolute atomic E-state index is 13.7. The molecule has 7 heteroatoms. The van der Waals surface area contributed by atoms with E-state index in [0.29, 0.717) is 0 Å². The van der Waals surface area contributed by atoms with Gasteiger partial charge in [-0.25, -0.2) is 4.79 Å². The van der Waals surface area contributed by atoms with E-state index in [-0.39, 0.29) is 12.1 Å². The van der Waals surface area contributed by atoms with Crippen LogP contribution in [-0.2, 0) is 0 Å². The van der Waals surface area contributed by atoms with Crippen LogP contribution in [0.2, 0.25) is 0 Å². The number of carbonyl (C=O) groups excluding carboxylic acids is 1. The molecule has 1 aliphatic heterocycles. The van der Waals surface area contributed by atoms with Crippen LogP contribution in [0, 0.1) is 0 Å². The maximum Gasteiger partial charge on any atom is 0.326 e. The Kier molecular flexibility index (Phi) is 11.8. The number of benzene rings is 3. The van der Waals surface area contributed by atoms with E-state index in [1.165, 1.54) is 32.1 Å². The van der Waals surface area contributed by atoms with E-state index >= 15 is 0 Å². The quantitative estimate of drug-likeness (QED) is 0.291. The highest BCUT2D eigenvalue weighted by atomic mass is 32.2. The van der Waals surface area contributed by atoms with Crippen molar-refractivity contribution in [2.75, 3.05) is 37.5 Å². The Balaban J connectivity index is 0.00000189. The summed E-state index contributed by atoms with van der Waals surface area (Å²) in [5.74, 6) is 1.62. The van der Waals surface area contributed by atoms with E-state index in [1.54, 1.807) is 26.0 Å². The van der Waals surface area contributed by atoms with E-state index in [2.05, 4.69) is 46.6 Å². The minimum absolute atomic E-state index is 0.0909. The number of anilines is 2. The van der Waals surface area contributed by atoms with E-state index in [4.69, 9.17) is 9.47 Å². The predicted octanol–water partition coefficient (Wildman–Crippen LogP) is 8.72. The van der Waals surface area contributed by atoms with Crippen molar-refractivity contribution in [1.82, 2.24) is 4.90 Å². The van der Waals surface area contributed by atoms with Gasteiger partial charge >= 0.3 is 6.03 Å². The van der Waals surface area contributed by atoms with Crippen LogP contribution in [-0.4, -0.2) is 50.3 Å². The third-order valence-corrected chi connectivity index (χ3v) is 8.94. The van der Waals surface area contributed by atoms with E-state index in [9.17, 15) is 4.79 Å². The number of rotatable bonds is 8. The summed E-state index contributed by atoms with van der Waals surface area (Å²) < 4.78 is 10.6. The summed E-state index contributed by atoms with van der Waals surface area (Å²) in [5.41, 5.74) is 1.69. The molecule has 3 aromatic rings. The molecule has 5 rings (SSSR count). The molecule has 0 radical (unpaired) electrons. The highest BCUT2D eigenvalue weighted by Crippen LogP contribution is 2.33. The number of methoxy groups -OCH3 is 2. The summed E-state index contributed by atoms with van der Waals surface area (Å²) in [4.78, 5) is 20.7. The topological polar surface area (TPSA) is 54.0 Å². The molecule has 220 valence electrons. The first kappa shape index (κ1) is 30.8. The summed E-state index contributed by atoms with van der Waals surface area (Å²) in [6.07, 6.45) is 8.67. The van der Waals surface area contributed by atoms with Gasteiger partial charge in [0.25, 0.3) is 0 Å². The zero-order valence-corrected chi connectivity index (χ0v) is 25.8. The molecular weight excluding hydrogens is 530 g/mol. The van der Waals surface area contributed by atoms with Crippen LogP contribution in [0.3, 0.4) is 0 Å². The molecule has 0 aromatic heterocycles. The summed E-state index contributed by atoms with van der Waals surface area (Å²) in [5, 5.41) is 3.13. The van der Waals surface area contributed by atoms with Crippen molar-refractivity contribution in [2.45, 2.75) is 80.7 Å². The second kappa shape index (κ2) is 15.7. The van der Waals surface area contributed by atoms with Gasteiger partial charge in [0, 0.05) is 46.3 Å². The number of ether oxygens (including phenoxy) is 2. The molecule has 1 saturated carbocycles. The summed E-state index contributed by atoms with van der Waals surface area (Å²) in [6.45, 7) is 6.10. The number of amides is 2. The zero-order chi connectivity index (χ0) is 29.0. The molecule has 1 heterocycles. The van der Waals surface area contributed by atoms with Crippen LogP contribution in [0.25, 0.3) is 0 Å². The molecule has 3 aromatic carbocycles. The molecule has 2 amide bonds. The molecule has 2 fully saturated rings. The first-order chi connectivity index (χ1) is 20.1. The molecule has 6 nitrogen and oxygen atoms in total. The lowest BCUT2D eigenvalue weighted by Gasteiger charge is -2.42. The van der Waals surface area contributed by atoms with Crippen molar-refractivity contribution < 1.29 is 14.3 Å². The molecule has 1 saturated heterocycles. The third kappa shape index (κ3) is 8.43. The van der Waals surface area contributed by atoms with Crippen molar-refractivity contribution in [3.63, 3.8) is 0 Å². The van der Waals surface area contributed by atoms with E-state index < -0.39 is 0 Å². The van der Waals surface area contributed by atoms with Crippen molar-refractivity contribution in [3.05, 3.63) is 72.8 Å². The fourth-order valence-electron chi connectivity index (χ4n) is 5.76. The smallest absolute Gasteiger partial charge is 0.326 e. The van der Waals surface area contributed by atoms with Gasteiger partial charge in [-0.05, 0) is 98.5 Å². The van der Waals surface area contributed by atoms with E-state index in [1.807, 2.05) is 55.1 Å². The monoisotopic (exact) mass is 575 g/mol. The SMILES string of the molecule is CC.COc1ccc(NC(=O)N(c2ccc(Sc3ccc(OC)cc3)cc2)C2CCN(C3CCCCC3)CC2)cc1. The molecule has 1 N–H and O–H groups in total. The van der Waals surface area contributed by atoms with Gasteiger partial charge in [-0.3, -0.25) is 4.90 Å². The molecule has 0 bridgehead atoms. The van der Waals surface area contributed by atoms with Crippen LogP contribution < -0.4 is 19.7 Å². The van der Waals surface area contributed by atoms with Crippen molar-refractivity contribution >= 4 is 29.2 Å². The lowest BCUT2D eigenvalue weighted by molar-refractivity contribution is 0.122. The fraction of sp³-hybridized carbons (Fsp3) is 0.441. The van der Waals surface area contributed by atoms with Gasteiger partial charge in [0.1, 0.15) is 11.5 Å². The van der Waals surface area contributed by atoms with Crippen LogP contribution in [0.1, 0.15) is 58.8 Å². The zero-order valence-electron chi connectivity index (χ0n) is 25.0. The fourth-order valence-corrected chi connectivity index (χ4v) is 6.58. The van der Waals surface area contributed by atoms with Crippen molar-refractivity contribution in [2.24, 2.45) is 0 Å². The highest BCUT2D eigenvalue weighted by molar-refractivity contribution is 7.99. The van der Waals surface area contributed by atoms with Gasteiger partial charge in [0.2, 0.25) is 0 Å². The lowest BCUT2D eigenvalue weighted by Crippen LogP contribution is -2.51. The molecular formula is C34H45N3O3S. The van der Waals surface area contributed by atoms with Gasteiger partial charge < -0.3 is 19.7 Å². The maximum atomic E-state index is 13.7. The first-order valence-corrected chi connectivity index (χ1v) is 15.8. The van der Waals surface area contributed by atoms with Crippen LogP contribution in [0.5, 0.6) is 11.5 Å². The first-order valence-electron chi connectivity index (χ1n) is 15.0. The second-order valence-corrected chi connectivity index (χ2v) is 11.5. The lowest BCUT2D eigenvalue weighted by atomic mass is 9.91. The van der Waals surface area contributed by atoms with Crippen LogP contribution in [0.4, 0.5) is 16.2 Å². The Labute approximate surface area is 250 Å². The summed E-state index contributed by atoms with van der Waals surface area (Å²) >= 11 is 1.70.